The van der Waals surface area contributed by atoms with Crippen molar-refractivity contribution in [3.8, 4) is 0 Å². The zero-order chi connectivity index (χ0) is 20.8. The van der Waals surface area contributed by atoms with E-state index in [9.17, 15) is 9.59 Å². The largest absolute Gasteiger partial charge is 0.303 e. The fourth-order valence-electron chi connectivity index (χ4n) is 3.04. The lowest BCUT2D eigenvalue weighted by Crippen LogP contribution is -2.14. The number of aromatic nitrogens is 4. The first-order chi connectivity index (χ1) is 14.7. The molecule has 0 spiro atoms. The molecule has 0 bridgehead atoms. The monoisotopic (exact) mass is 460 g/mol. The highest BCUT2D eigenvalue weighted by Crippen LogP contribution is 2.47. The maximum Gasteiger partial charge on any atom is 0.229 e. The average molecular weight is 461 g/mol. The molecule has 0 radical (unpaired) electrons. The molecule has 1 saturated carbocycles. The fourth-order valence-corrected chi connectivity index (χ4v) is 5.62. The molecule has 3 aromatic rings. The van der Waals surface area contributed by atoms with Crippen molar-refractivity contribution in [1.29, 1.82) is 0 Å². The van der Waals surface area contributed by atoms with Crippen molar-refractivity contribution in [2.45, 2.75) is 25.2 Å². The second kappa shape index (κ2) is 10.1. The van der Waals surface area contributed by atoms with Crippen LogP contribution in [-0.2, 0) is 22.4 Å². The number of carbonyl (C=O) groups excluding carboxylic acids is 2. The van der Waals surface area contributed by atoms with Gasteiger partial charge in [-0.2, -0.15) is 11.8 Å². The third-order valence-corrected chi connectivity index (χ3v) is 7.42. The average Bonchev–Trinajstić information content (AvgIpc) is 3.25. The molecule has 156 valence electrons. The molecule has 11 heteroatoms. The first kappa shape index (κ1) is 20.9. The Balaban J connectivity index is 1.15. The summed E-state index contributed by atoms with van der Waals surface area (Å²) in [5.74, 6) is 2.20. The summed E-state index contributed by atoms with van der Waals surface area (Å²) in [5, 5.41) is 24.5. The fraction of sp³-hybridized carbons (Fsp3) is 0.368. The second-order valence-electron chi connectivity index (χ2n) is 6.73. The van der Waals surface area contributed by atoms with E-state index in [1.54, 1.807) is 11.8 Å². The highest BCUT2D eigenvalue weighted by atomic mass is 32.2. The maximum absolute atomic E-state index is 12.4. The summed E-state index contributed by atoms with van der Waals surface area (Å²) in [4.78, 5) is 22.8. The van der Waals surface area contributed by atoms with Gasteiger partial charge in [-0.3, -0.25) is 9.59 Å². The molecule has 30 heavy (non-hydrogen) atoms. The third kappa shape index (κ3) is 5.61. The summed E-state index contributed by atoms with van der Waals surface area (Å²) in [5.41, 5.74) is 1.22. The SMILES string of the molecule is O=CNc1nnc(CCSCCc2nnc(NC(=O)C3C[C@@H]3c3ccccc3)s2)s1. The van der Waals surface area contributed by atoms with Crippen molar-refractivity contribution >= 4 is 57.0 Å². The first-order valence-electron chi connectivity index (χ1n) is 9.51. The normalized spacial score (nSPS) is 17.5. The molecule has 2 N–H and O–H groups in total. The highest BCUT2D eigenvalue weighted by Gasteiger charge is 2.44. The number of carbonyl (C=O) groups is 2. The maximum atomic E-state index is 12.4. The Morgan fingerprint density at radius 3 is 2.40 bits per heavy atom. The van der Waals surface area contributed by atoms with E-state index in [1.165, 1.54) is 28.2 Å². The molecule has 2 amide bonds. The van der Waals surface area contributed by atoms with Gasteiger partial charge in [0.1, 0.15) is 10.0 Å². The molecule has 1 fully saturated rings. The summed E-state index contributed by atoms with van der Waals surface area (Å²) in [6.07, 6.45) is 3.11. The number of aryl methyl sites for hydroxylation is 2. The van der Waals surface area contributed by atoms with Gasteiger partial charge in [-0.15, -0.1) is 20.4 Å². The molecule has 1 aliphatic carbocycles. The van der Waals surface area contributed by atoms with Crippen molar-refractivity contribution < 1.29 is 9.59 Å². The van der Waals surface area contributed by atoms with E-state index in [0.29, 0.717) is 22.6 Å². The van der Waals surface area contributed by atoms with E-state index < -0.39 is 0 Å². The van der Waals surface area contributed by atoms with Crippen LogP contribution in [0, 0.1) is 5.92 Å². The number of nitrogens with one attached hydrogen (secondary N) is 2. The predicted molar refractivity (Wildman–Crippen MR) is 120 cm³/mol. The van der Waals surface area contributed by atoms with Crippen molar-refractivity contribution in [3.63, 3.8) is 0 Å². The number of rotatable bonds is 11. The molecule has 0 saturated heterocycles. The lowest BCUT2D eigenvalue weighted by atomic mass is 10.1. The number of hydrogen-bond donors (Lipinski definition) is 2. The molecular weight excluding hydrogens is 440 g/mol. The lowest BCUT2D eigenvalue weighted by molar-refractivity contribution is -0.117. The predicted octanol–water partition coefficient (Wildman–Crippen LogP) is 3.22. The molecule has 2 aromatic heterocycles. The van der Waals surface area contributed by atoms with E-state index in [4.69, 9.17) is 0 Å². The quantitative estimate of drug-likeness (QED) is 0.334. The molecule has 2 heterocycles. The number of nitrogens with zero attached hydrogens (tertiary/aromatic N) is 4. The van der Waals surface area contributed by atoms with Crippen LogP contribution in [0.15, 0.2) is 30.3 Å². The van der Waals surface area contributed by atoms with Gasteiger partial charge in [-0.1, -0.05) is 53.0 Å². The molecule has 8 nitrogen and oxygen atoms in total. The third-order valence-electron chi connectivity index (χ3n) is 4.62. The summed E-state index contributed by atoms with van der Waals surface area (Å²) in [6.45, 7) is 0. The summed E-state index contributed by atoms with van der Waals surface area (Å²) >= 11 is 4.63. The number of benzene rings is 1. The first-order valence-corrected chi connectivity index (χ1v) is 12.3. The molecule has 2 atom stereocenters. The Morgan fingerprint density at radius 1 is 1.03 bits per heavy atom. The Bertz CT molecular complexity index is 993. The van der Waals surface area contributed by atoms with Crippen LogP contribution in [0.4, 0.5) is 10.3 Å². The topological polar surface area (TPSA) is 110 Å². The van der Waals surface area contributed by atoms with E-state index >= 15 is 0 Å². The number of amides is 2. The second-order valence-corrected chi connectivity index (χ2v) is 10.1. The Labute approximate surface area is 185 Å². The number of hydrogen-bond acceptors (Lipinski definition) is 9. The molecule has 1 aromatic carbocycles. The van der Waals surface area contributed by atoms with Gasteiger partial charge in [0.2, 0.25) is 22.6 Å². The minimum absolute atomic E-state index is 0.0258. The zero-order valence-electron chi connectivity index (χ0n) is 16.0. The molecular formula is C19H20N6O2S3. The minimum Gasteiger partial charge on any atom is -0.303 e. The van der Waals surface area contributed by atoms with Crippen molar-refractivity contribution in [2.24, 2.45) is 5.92 Å². The van der Waals surface area contributed by atoms with E-state index in [0.717, 1.165) is 40.8 Å². The Kier molecular flexibility index (Phi) is 7.03. The van der Waals surface area contributed by atoms with Crippen LogP contribution in [0.3, 0.4) is 0 Å². The Hall–Kier alpha value is -2.37. The molecule has 1 unspecified atom stereocenters. The van der Waals surface area contributed by atoms with Crippen LogP contribution in [0.25, 0.3) is 0 Å². The van der Waals surface area contributed by atoms with Crippen LogP contribution in [0.1, 0.15) is 27.9 Å². The van der Waals surface area contributed by atoms with Gasteiger partial charge in [0.25, 0.3) is 0 Å². The van der Waals surface area contributed by atoms with E-state index in [1.807, 2.05) is 18.2 Å². The van der Waals surface area contributed by atoms with Crippen molar-refractivity contribution in [3.05, 3.63) is 45.9 Å². The van der Waals surface area contributed by atoms with Gasteiger partial charge < -0.3 is 10.6 Å². The van der Waals surface area contributed by atoms with Gasteiger partial charge >= 0.3 is 0 Å². The smallest absolute Gasteiger partial charge is 0.229 e. The molecule has 0 aliphatic heterocycles. The van der Waals surface area contributed by atoms with Crippen LogP contribution in [0.2, 0.25) is 0 Å². The molecule has 1 aliphatic rings. The van der Waals surface area contributed by atoms with Gasteiger partial charge in [0, 0.05) is 18.8 Å². The van der Waals surface area contributed by atoms with Crippen molar-refractivity contribution in [1.82, 2.24) is 20.4 Å². The summed E-state index contributed by atoms with van der Waals surface area (Å²) < 4.78 is 0. The van der Waals surface area contributed by atoms with Gasteiger partial charge in [0.05, 0.1) is 0 Å². The number of thioether (sulfide) groups is 1. The Morgan fingerprint density at radius 2 is 1.70 bits per heavy atom. The summed E-state index contributed by atoms with van der Waals surface area (Å²) in [6, 6.07) is 10.2. The highest BCUT2D eigenvalue weighted by molar-refractivity contribution is 7.99. The van der Waals surface area contributed by atoms with Gasteiger partial charge in [-0.25, -0.2) is 0 Å². The molecule has 4 rings (SSSR count). The summed E-state index contributed by atoms with van der Waals surface area (Å²) in [7, 11) is 0. The standard InChI is InChI=1S/C19H20N6O2S3/c26-11-20-18-24-22-15(29-18)6-8-28-9-7-16-23-25-19(30-16)21-17(27)14-10-13(14)12-4-2-1-3-5-12/h1-5,11,13-14H,6-10H2,(H,20,24,26)(H,21,25,27)/t13-,14?/m1/s1. The minimum atomic E-state index is 0.0258. The van der Waals surface area contributed by atoms with Crippen LogP contribution in [-0.4, -0.2) is 44.2 Å². The van der Waals surface area contributed by atoms with Crippen LogP contribution < -0.4 is 10.6 Å². The van der Waals surface area contributed by atoms with Gasteiger partial charge in [0.15, 0.2) is 0 Å². The lowest BCUT2D eigenvalue weighted by Gasteiger charge is -2.01. The van der Waals surface area contributed by atoms with Crippen molar-refractivity contribution in [2.75, 3.05) is 22.1 Å². The van der Waals surface area contributed by atoms with Crippen LogP contribution in [0.5, 0.6) is 0 Å². The zero-order valence-corrected chi connectivity index (χ0v) is 18.4. The van der Waals surface area contributed by atoms with Crippen LogP contribution >= 0.6 is 34.4 Å². The van der Waals surface area contributed by atoms with E-state index in [-0.39, 0.29) is 11.8 Å². The van der Waals surface area contributed by atoms with Gasteiger partial charge in [-0.05, 0) is 29.4 Å². The number of anilines is 2. The van der Waals surface area contributed by atoms with E-state index in [2.05, 4.69) is 43.2 Å².